The van der Waals surface area contributed by atoms with Crippen LogP contribution in [0.4, 0.5) is 0 Å². The number of hydrogen-bond acceptors (Lipinski definition) is 5. The summed E-state index contributed by atoms with van der Waals surface area (Å²) >= 11 is 0. The molecule has 6 heteroatoms. The quantitative estimate of drug-likeness (QED) is 0.274. The molecule has 2 aromatic heterocycles. The number of benzene rings is 2. The zero-order valence-electron chi connectivity index (χ0n) is 24.2. The standard InChI is InChI=1S/C34H39N5O/c1-20-15-25(18-36-32(20)34(35-3)14-13-21(34)2)23-11-12-27-28(16-23)39-29(17-30(38(4)5)33(39)37-27)31-24(19-40)7-6-8-26(31)22-9-10-22/h6-8,11-12,15-16,18-19,21-22,29-30,35H,9-10,13-14,17H2,1-5H3. The number of fused-ring (bicyclic) bond motifs is 3. The van der Waals surface area contributed by atoms with Crippen molar-refractivity contribution in [1.82, 2.24) is 24.8 Å². The number of imidazole rings is 1. The molecule has 6 nitrogen and oxygen atoms in total. The first kappa shape index (κ1) is 25.6. The van der Waals surface area contributed by atoms with Crippen molar-refractivity contribution in [2.24, 2.45) is 5.92 Å². The maximum Gasteiger partial charge on any atom is 0.150 e. The predicted octanol–water partition coefficient (Wildman–Crippen LogP) is 6.54. The van der Waals surface area contributed by atoms with E-state index < -0.39 is 0 Å². The second-order valence-electron chi connectivity index (χ2n) is 12.6. The number of nitrogens with one attached hydrogen (secondary N) is 1. The predicted molar refractivity (Wildman–Crippen MR) is 160 cm³/mol. The van der Waals surface area contributed by atoms with Gasteiger partial charge in [0.25, 0.3) is 0 Å². The lowest BCUT2D eigenvalue weighted by Crippen LogP contribution is -2.53. The van der Waals surface area contributed by atoms with Crippen LogP contribution in [-0.4, -0.2) is 46.9 Å². The topological polar surface area (TPSA) is 63.1 Å². The number of nitrogens with zero attached hydrogens (tertiary/aromatic N) is 4. The third-order valence-corrected chi connectivity index (χ3v) is 10.1. The number of pyridine rings is 1. The van der Waals surface area contributed by atoms with Crippen LogP contribution < -0.4 is 5.32 Å². The zero-order chi connectivity index (χ0) is 27.8. The van der Waals surface area contributed by atoms with E-state index in [9.17, 15) is 4.79 Å². The van der Waals surface area contributed by atoms with Crippen molar-refractivity contribution in [3.63, 3.8) is 0 Å². The van der Waals surface area contributed by atoms with E-state index in [2.05, 4.69) is 80.1 Å². The Balaban J connectivity index is 1.36. The fourth-order valence-corrected chi connectivity index (χ4v) is 7.57. The summed E-state index contributed by atoms with van der Waals surface area (Å²) in [5.41, 5.74) is 10.2. The third-order valence-electron chi connectivity index (χ3n) is 10.1. The number of aryl methyl sites for hydroxylation is 1. The molecule has 40 heavy (non-hydrogen) atoms. The summed E-state index contributed by atoms with van der Waals surface area (Å²) < 4.78 is 2.43. The molecule has 0 radical (unpaired) electrons. The van der Waals surface area contributed by atoms with E-state index in [1.807, 2.05) is 18.3 Å². The fraction of sp³-hybridized carbons (Fsp3) is 0.441. The molecule has 7 rings (SSSR count). The number of hydrogen-bond donors (Lipinski definition) is 1. The van der Waals surface area contributed by atoms with Gasteiger partial charge >= 0.3 is 0 Å². The Hall–Kier alpha value is -3.35. The average molecular weight is 534 g/mol. The van der Waals surface area contributed by atoms with E-state index in [4.69, 9.17) is 9.97 Å². The fourth-order valence-electron chi connectivity index (χ4n) is 7.57. The first-order valence-electron chi connectivity index (χ1n) is 14.8. The Bertz CT molecular complexity index is 1630. The van der Waals surface area contributed by atoms with Gasteiger partial charge in [-0.2, -0.15) is 0 Å². The molecule has 2 fully saturated rings. The molecule has 206 valence electrons. The Kier molecular flexibility index (Phi) is 5.99. The highest BCUT2D eigenvalue weighted by Crippen LogP contribution is 2.50. The van der Waals surface area contributed by atoms with Crippen LogP contribution in [0.25, 0.3) is 22.2 Å². The summed E-state index contributed by atoms with van der Waals surface area (Å²) in [5.74, 6) is 2.23. The van der Waals surface area contributed by atoms with Gasteiger partial charge in [0.15, 0.2) is 0 Å². The first-order chi connectivity index (χ1) is 19.4. The second kappa shape index (κ2) is 9.35. The SMILES string of the molecule is CNC1(c2ncc(-c3ccc4nc5n(c4c3)C(c3c(C=O)cccc3C3CC3)CC5N(C)C)cc2C)CCC1C. The van der Waals surface area contributed by atoms with Crippen molar-refractivity contribution in [3.8, 4) is 11.1 Å². The van der Waals surface area contributed by atoms with E-state index in [1.165, 1.54) is 41.6 Å². The molecule has 1 N–H and O–H groups in total. The van der Waals surface area contributed by atoms with Crippen LogP contribution in [-0.2, 0) is 5.54 Å². The van der Waals surface area contributed by atoms with Crippen molar-refractivity contribution in [3.05, 3.63) is 82.4 Å². The molecule has 3 heterocycles. The van der Waals surface area contributed by atoms with Crippen LogP contribution in [0.15, 0.2) is 48.7 Å². The molecule has 1 aliphatic heterocycles. The molecule has 4 unspecified atom stereocenters. The van der Waals surface area contributed by atoms with E-state index in [0.29, 0.717) is 11.8 Å². The number of aldehydes is 1. The molecule has 2 saturated carbocycles. The van der Waals surface area contributed by atoms with E-state index in [1.54, 1.807) is 0 Å². The Morgan fingerprint density at radius 3 is 2.55 bits per heavy atom. The van der Waals surface area contributed by atoms with E-state index >= 15 is 0 Å². The maximum atomic E-state index is 12.3. The molecular weight excluding hydrogens is 494 g/mol. The summed E-state index contributed by atoms with van der Waals surface area (Å²) in [7, 11) is 6.33. The van der Waals surface area contributed by atoms with Crippen LogP contribution in [0.3, 0.4) is 0 Å². The lowest BCUT2D eigenvalue weighted by atomic mass is 9.64. The van der Waals surface area contributed by atoms with Gasteiger partial charge in [0.05, 0.1) is 34.3 Å². The minimum absolute atomic E-state index is 0.0154. The third kappa shape index (κ3) is 3.72. The van der Waals surface area contributed by atoms with Gasteiger partial charge in [-0.1, -0.05) is 31.2 Å². The van der Waals surface area contributed by atoms with Crippen LogP contribution in [0, 0.1) is 12.8 Å². The molecule has 4 aromatic rings. The van der Waals surface area contributed by atoms with Crippen LogP contribution >= 0.6 is 0 Å². The van der Waals surface area contributed by atoms with Crippen molar-refractivity contribution < 1.29 is 4.79 Å². The molecule has 2 aliphatic carbocycles. The van der Waals surface area contributed by atoms with Crippen molar-refractivity contribution in [2.75, 3.05) is 21.1 Å². The molecule has 4 atom stereocenters. The Morgan fingerprint density at radius 2 is 1.93 bits per heavy atom. The first-order valence-corrected chi connectivity index (χ1v) is 14.8. The average Bonchev–Trinajstić information content (AvgIpc) is 3.64. The lowest BCUT2D eigenvalue weighted by molar-refractivity contribution is 0.0992. The molecule has 0 amide bonds. The summed E-state index contributed by atoms with van der Waals surface area (Å²) in [6, 6.07) is 15.5. The number of carbonyl (C=O) groups excluding carboxylic acids is 1. The number of rotatable bonds is 7. The highest BCUT2D eigenvalue weighted by Gasteiger charge is 2.46. The van der Waals surface area contributed by atoms with Gasteiger partial charge in [-0.25, -0.2) is 4.98 Å². The monoisotopic (exact) mass is 533 g/mol. The minimum Gasteiger partial charge on any atom is -0.319 e. The Morgan fingerprint density at radius 1 is 1.10 bits per heavy atom. The van der Waals surface area contributed by atoms with Crippen LogP contribution in [0.1, 0.15) is 95.6 Å². The maximum absolute atomic E-state index is 12.3. The molecule has 0 spiro atoms. The lowest BCUT2D eigenvalue weighted by Gasteiger charge is -2.48. The molecular formula is C34H39N5O. The summed E-state index contributed by atoms with van der Waals surface area (Å²) in [6.07, 6.45) is 8.78. The summed E-state index contributed by atoms with van der Waals surface area (Å²) in [4.78, 5) is 24.8. The highest BCUT2D eigenvalue weighted by molar-refractivity contribution is 5.84. The smallest absolute Gasteiger partial charge is 0.150 e. The number of aromatic nitrogens is 3. The van der Waals surface area contributed by atoms with Crippen LogP contribution in [0.2, 0.25) is 0 Å². The molecule has 2 aromatic carbocycles. The van der Waals surface area contributed by atoms with Gasteiger partial charge in [0.1, 0.15) is 12.1 Å². The van der Waals surface area contributed by atoms with Crippen molar-refractivity contribution >= 4 is 17.3 Å². The van der Waals surface area contributed by atoms with Crippen LogP contribution in [0.5, 0.6) is 0 Å². The van der Waals surface area contributed by atoms with E-state index in [0.717, 1.165) is 52.7 Å². The molecule has 3 aliphatic rings. The normalized spacial score (nSPS) is 25.8. The Labute approximate surface area is 236 Å². The van der Waals surface area contributed by atoms with E-state index in [-0.39, 0.29) is 17.6 Å². The molecule has 0 bridgehead atoms. The minimum atomic E-state index is -0.0154. The van der Waals surface area contributed by atoms with Gasteiger partial charge in [-0.3, -0.25) is 14.7 Å². The van der Waals surface area contributed by atoms with Gasteiger partial charge in [0.2, 0.25) is 0 Å². The van der Waals surface area contributed by atoms with Gasteiger partial charge < -0.3 is 9.88 Å². The zero-order valence-corrected chi connectivity index (χ0v) is 24.2. The largest absolute Gasteiger partial charge is 0.319 e. The van der Waals surface area contributed by atoms with Gasteiger partial charge in [-0.15, -0.1) is 0 Å². The second-order valence-corrected chi connectivity index (χ2v) is 12.6. The summed E-state index contributed by atoms with van der Waals surface area (Å²) in [5, 5.41) is 3.59. The summed E-state index contributed by atoms with van der Waals surface area (Å²) in [6.45, 7) is 4.51. The van der Waals surface area contributed by atoms with Crippen molar-refractivity contribution in [2.45, 2.75) is 69.5 Å². The molecule has 0 saturated heterocycles. The number of carbonyl (C=O) groups is 1. The van der Waals surface area contributed by atoms with Crippen molar-refractivity contribution in [1.29, 1.82) is 0 Å². The highest BCUT2D eigenvalue weighted by atomic mass is 16.1. The van der Waals surface area contributed by atoms with Gasteiger partial charge in [0, 0.05) is 17.3 Å². The van der Waals surface area contributed by atoms with Gasteiger partial charge in [-0.05, 0) is 112 Å².